The van der Waals surface area contributed by atoms with E-state index in [4.69, 9.17) is 11.6 Å². The van der Waals surface area contributed by atoms with Gasteiger partial charge in [0.25, 0.3) is 0 Å². The molecule has 1 aliphatic rings. The summed E-state index contributed by atoms with van der Waals surface area (Å²) >= 11 is 5.98. The van der Waals surface area contributed by atoms with Gasteiger partial charge in [-0.1, -0.05) is 17.7 Å². The monoisotopic (exact) mass is 302 g/mol. The first kappa shape index (κ1) is 14.2. The van der Waals surface area contributed by atoms with Crippen LogP contribution in [0.1, 0.15) is 0 Å². The zero-order valence-corrected chi connectivity index (χ0v) is 12.8. The molecule has 1 fully saturated rings. The van der Waals surface area contributed by atoms with E-state index in [9.17, 15) is 0 Å². The first-order valence-electron chi connectivity index (χ1n) is 7.13. The van der Waals surface area contributed by atoms with Crippen molar-refractivity contribution in [2.75, 3.05) is 43.4 Å². The van der Waals surface area contributed by atoms with Crippen molar-refractivity contribution < 1.29 is 0 Å². The fourth-order valence-electron chi connectivity index (χ4n) is 2.47. The summed E-state index contributed by atoms with van der Waals surface area (Å²) in [5.41, 5.74) is 2.27. The number of benzene rings is 1. The molecule has 0 atom stereocenters. The van der Waals surface area contributed by atoms with Gasteiger partial charge in [0.1, 0.15) is 5.82 Å². The molecule has 1 N–H and O–H groups in total. The van der Waals surface area contributed by atoms with Crippen LogP contribution in [0.3, 0.4) is 0 Å². The van der Waals surface area contributed by atoms with E-state index in [0.717, 1.165) is 37.7 Å². The molecular weight excluding hydrogens is 284 g/mol. The van der Waals surface area contributed by atoms with Gasteiger partial charge >= 0.3 is 0 Å². The largest absolute Gasteiger partial charge is 0.369 e. The van der Waals surface area contributed by atoms with Crippen LogP contribution in [0, 0.1) is 0 Å². The summed E-state index contributed by atoms with van der Waals surface area (Å²) in [6.45, 7) is 4.34. The van der Waals surface area contributed by atoms with Crippen molar-refractivity contribution in [2.45, 2.75) is 0 Å². The second kappa shape index (κ2) is 6.33. The van der Waals surface area contributed by atoms with Gasteiger partial charge in [0.2, 0.25) is 0 Å². The number of rotatable bonds is 3. The molecule has 1 saturated heterocycles. The summed E-state index contributed by atoms with van der Waals surface area (Å²) in [6.07, 6.45) is 1.70. The maximum Gasteiger partial charge on any atom is 0.131 e. The van der Waals surface area contributed by atoms with Crippen molar-refractivity contribution >= 4 is 28.8 Å². The topological polar surface area (TPSA) is 31.4 Å². The van der Waals surface area contributed by atoms with Crippen molar-refractivity contribution in [1.82, 2.24) is 9.88 Å². The van der Waals surface area contributed by atoms with E-state index in [0.29, 0.717) is 5.02 Å². The summed E-state index contributed by atoms with van der Waals surface area (Å²) in [4.78, 5) is 9.04. The van der Waals surface area contributed by atoms with Gasteiger partial charge in [-0.15, -0.1) is 0 Å². The first-order valence-corrected chi connectivity index (χ1v) is 7.51. The van der Waals surface area contributed by atoms with Crippen molar-refractivity contribution in [3.63, 3.8) is 0 Å². The third kappa shape index (κ3) is 3.65. The zero-order valence-electron chi connectivity index (χ0n) is 12.1. The van der Waals surface area contributed by atoms with E-state index in [1.807, 2.05) is 12.1 Å². The molecule has 0 amide bonds. The van der Waals surface area contributed by atoms with Crippen LogP contribution in [-0.2, 0) is 0 Å². The van der Waals surface area contributed by atoms with Crippen LogP contribution < -0.4 is 10.2 Å². The normalized spacial score (nSPS) is 16.0. The van der Waals surface area contributed by atoms with Crippen LogP contribution >= 0.6 is 11.6 Å². The Kier molecular flexibility index (Phi) is 4.27. The predicted octanol–water partition coefficient (Wildman–Crippen LogP) is 3.23. The van der Waals surface area contributed by atoms with Crippen molar-refractivity contribution in [3.8, 4) is 0 Å². The number of halogens is 1. The lowest BCUT2D eigenvalue weighted by molar-refractivity contribution is 0.313. The number of pyridine rings is 1. The molecule has 4 nitrogen and oxygen atoms in total. The van der Waals surface area contributed by atoms with E-state index in [1.54, 1.807) is 12.3 Å². The van der Waals surface area contributed by atoms with Gasteiger partial charge in [0.15, 0.2) is 0 Å². The average molecular weight is 303 g/mol. The number of anilines is 3. The smallest absolute Gasteiger partial charge is 0.131 e. The Morgan fingerprint density at radius 3 is 2.67 bits per heavy atom. The molecule has 2 heterocycles. The quantitative estimate of drug-likeness (QED) is 0.943. The Hall–Kier alpha value is -1.78. The minimum Gasteiger partial charge on any atom is -0.369 e. The van der Waals surface area contributed by atoms with Crippen LogP contribution in [-0.4, -0.2) is 43.1 Å². The van der Waals surface area contributed by atoms with Gasteiger partial charge < -0.3 is 15.1 Å². The molecule has 0 bridgehead atoms. The second-order valence-corrected chi connectivity index (χ2v) is 5.76. The Labute approximate surface area is 130 Å². The number of aromatic nitrogens is 1. The molecule has 1 aliphatic heterocycles. The van der Waals surface area contributed by atoms with Crippen LogP contribution in [0.5, 0.6) is 0 Å². The standard InChI is InChI=1S/C16H19ClN4/c1-20-7-9-21(10-8-20)15-4-2-3-14(12-15)19-16-11-13(17)5-6-18-16/h2-6,11-12H,7-10H2,1H3,(H,18,19). The predicted molar refractivity (Wildman–Crippen MR) is 88.7 cm³/mol. The Morgan fingerprint density at radius 1 is 1.10 bits per heavy atom. The van der Waals surface area contributed by atoms with Gasteiger partial charge in [0.05, 0.1) is 0 Å². The van der Waals surface area contributed by atoms with Crippen LogP contribution in [0.4, 0.5) is 17.2 Å². The van der Waals surface area contributed by atoms with E-state index >= 15 is 0 Å². The summed E-state index contributed by atoms with van der Waals surface area (Å²) in [6, 6.07) is 12.0. The Balaban J connectivity index is 1.74. The molecule has 0 saturated carbocycles. The van der Waals surface area contributed by atoms with Gasteiger partial charge in [-0.3, -0.25) is 0 Å². The molecule has 5 heteroatoms. The minimum absolute atomic E-state index is 0.683. The van der Waals surface area contributed by atoms with E-state index < -0.39 is 0 Å². The summed E-state index contributed by atoms with van der Waals surface area (Å²) in [7, 11) is 2.17. The second-order valence-electron chi connectivity index (χ2n) is 5.32. The van der Waals surface area contributed by atoms with Gasteiger partial charge in [-0.05, 0) is 37.4 Å². The minimum atomic E-state index is 0.683. The van der Waals surface area contributed by atoms with Gasteiger partial charge in [-0.25, -0.2) is 4.98 Å². The SMILES string of the molecule is CN1CCN(c2cccc(Nc3cc(Cl)ccn3)c2)CC1. The average Bonchev–Trinajstić information content (AvgIpc) is 2.48. The summed E-state index contributed by atoms with van der Waals surface area (Å²) < 4.78 is 0. The number of hydrogen-bond donors (Lipinski definition) is 1. The number of piperazine rings is 1. The molecule has 1 aromatic heterocycles. The van der Waals surface area contributed by atoms with E-state index in [2.05, 4.69) is 45.3 Å². The number of nitrogens with one attached hydrogen (secondary N) is 1. The highest BCUT2D eigenvalue weighted by Gasteiger charge is 2.14. The highest BCUT2D eigenvalue weighted by atomic mass is 35.5. The highest BCUT2D eigenvalue weighted by molar-refractivity contribution is 6.30. The van der Waals surface area contributed by atoms with Gasteiger partial charge in [0, 0.05) is 48.8 Å². The number of hydrogen-bond acceptors (Lipinski definition) is 4. The molecule has 0 spiro atoms. The third-order valence-electron chi connectivity index (χ3n) is 3.71. The molecule has 1 aromatic carbocycles. The Bertz CT molecular complexity index is 609. The lowest BCUT2D eigenvalue weighted by Gasteiger charge is -2.34. The molecule has 21 heavy (non-hydrogen) atoms. The molecule has 0 radical (unpaired) electrons. The first-order chi connectivity index (χ1) is 10.2. The maximum absolute atomic E-state index is 5.98. The van der Waals surface area contributed by atoms with Crippen molar-refractivity contribution in [2.24, 2.45) is 0 Å². The summed E-state index contributed by atoms with van der Waals surface area (Å²) in [5, 5.41) is 3.98. The Morgan fingerprint density at radius 2 is 1.90 bits per heavy atom. The molecule has 0 unspecified atom stereocenters. The molecule has 2 aromatic rings. The molecule has 0 aliphatic carbocycles. The highest BCUT2D eigenvalue weighted by Crippen LogP contribution is 2.23. The van der Waals surface area contributed by atoms with Crippen LogP contribution in [0.2, 0.25) is 5.02 Å². The maximum atomic E-state index is 5.98. The fourth-order valence-corrected chi connectivity index (χ4v) is 2.63. The van der Waals surface area contributed by atoms with Crippen LogP contribution in [0.15, 0.2) is 42.6 Å². The van der Waals surface area contributed by atoms with Crippen molar-refractivity contribution in [3.05, 3.63) is 47.6 Å². The zero-order chi connectivity index (χ0) is 14.7. The number of nitrogens with zero attached hydrogens (tertiary/aromatic N) is 3. The lowest BCUT2D eigenvalue weighted by atomic mass is 10.2. The fraction of sp³-hybridized carbons (Fsp3) is 0.312. The number of likely N-dealkylation sites (N-methyl/N-ethyl adjacent to an activating group) is 1. The van der Waals surface area contributed by atoms with Gasteiger partial charge in [-0.2, -0.15) is 0 Å². The van der Waals surface area contributed by atoms with E-state index in [1.165, 1.54) is 5.69 Å². The van der Waals surface area contributed by atoms with Crippen molar-refractivity contribution in [1.29, 1.82) is 0 Å². The summed E-state index contributed by atoms with van der Waals surface area (Å²) in [5.74, 6) is 0.762. The third-order valence-corrected chi connectivity index (χ3v) is 3.94. The van der Waals surface area contributed by atoms with Crippen LogP contribution in [0.25, 0.3) is 0 Å². The van der Waals surface area contributed by atoms with E-state index in [-0.39, 0.29) is 0 Å². The molecule has 3 rings (SSSR count). The molecule has 110 valence electrons. The lowest BCUT2D eigenvalue weighted by Crippen LogP contribution is -2.44. The molecular formula is C16H19ClN4.